The van der Waals surface area contributed by atoms with E-state index in [0.29, 0.717) is 12.4 Å². The molecule has 4 N–H and O–H groups in total. The van der Waals surface area contributed by atoms with E-state index in [1.54, 1.807) is 6.20 Å². The van der Waals surface area contributed by atoms with Crippen LogP contribution in [0.3, 0.4) is 0 Å². The highest BCUT2D eigenvalue weighted by molar-refractivity contribution is 5.77. The third-order valence-electron chi connectivity index (χ3n) is 2.81. The fourth-order valence-corrected chi connectivity index (χ4v) is 1.91. The van der Waals surface area contributed by atoms with Gasteiger partial charge < -0.3 is 16.4 Å². The predicted molar refractivity (Wildman–Crippen MR) is 60.6 cm³/mol. The number of hydrogen-bond acceptors (Lipinski definition) is 5. The van der Waals surface area contributed by atoms with Gasteiger partial charge in [0.05, 0.1) is 18.3 Å². The summed E-state index contributed by atoms with van der Waals surface area (Å²) in [5.41, 5.74) is 10.8. The molecule has 86 valence electrons. The molecule has 0 saturated carbocycles. The normalized spacial score (nSPS) is 20.8. The SMILES string of the molecule is NC(=O)C1CCCN(c2cnc(N)cn2)C1. The van der Waals surface area contributed by atoms with E-state index in [9.17, 15) is 4.79 Å². The Morgan fingerprint density at radius 1 is 1.44 bits per heavy atom. The van der Waals surface area contributed by atoms with Crippen LogP contribution in [0.4, 0.5) is 11.6 Å². The maximum Gasteiger partial charge on any atom is 0.222 e. The lowest BCUT2D eigenvalue weighted by Crippen LogP contribution is -2.41. The molecule has 1 aromatic heterocycles. The largest absolute Gasteiger partial charge is 0.382 e. The number of carbonyl (C=O) groups is 1. The monoisotopic (exact) mass is 221 g/mol. The molecular formula is C10H15N5O. The first-order valence-electron chi connectivity index (χ1n) is 5.28. The van der Waals surface area contributed by atoms with Crippen LogP contribution in [0.25, 0.3) is 0 Å². The summed E-state index contributed by atoms with van der Waals surface area (Å²) in [6.45, 7) is 1.50. The molecule has 16 heavy (non-hydrogen) atoms. The van der Waals surface area contributed by atoms with E-state index in [1.807, 2.05) is 4.90 Å². The van der Waals surface area contributed by atoms with Crippen LogP contribution in [0, 0.1) is 5.92 Å². The number of nitrogen functional groups attached to an aromatic ring is 1. The third kappa shape index (κ3) is 2.21. The molecule has 6 nitrogen and oxygen atoms in total. The first-order chi connectivity index (χ1) is 7.66. The lowest BCUT2D eigenvalue weighted by atomic mass is 9.98. The quantitative estimate of drug-likeness (QED) is 0.718. The van der Waals surface area contributed by atoms with Crippen LogP contribution in [0.5, 0.6) is 0 Å². The first kappa shape index (κ1) is 10.7. The van der Waals surface area contributed by atoms with Gasteiger partial charge in [-0.15, -0.1) is 0 Å². The minimum absolute atomic E-state index is 0.0897. The van der Waals surface area contributed by atoms with E-state index in [4.69, 9.17) is 11.5 Å². The molecular weight excluding hydrogens is 206 g/mol. The summed E-state index contributed by atoms with van der Waals surface area (Å²) in [6, 6.07) is 0. The highest BCUT2D eigenvalue weighted by atomic mass is 16.1. The number of carbonyl (C=O) groups excluding carboxylic acids is 1. The van der Waals surface area contributed by atoms with Crippen LogP contribution in [0.2, 0.25) is 0 Å². The summed E-state index contributed by atoms with van der Waals surface area (Å²) in [5, 5.41) is 0. The molecule has 2 heterocycles. The zero-order valence-corrected chi connectivity index (χ0v) is 8.97. The van der Waals surface area contributed by atoms with Crippen molar-refractivity contribution < 1.29 is 4.79 Å². The Labute approximate surface area is 93.7 Å². The Morgan fingerprint density at radius 2 is 2.25 bits per heavy atom. The Bertz CT molecular complexity index is 377. The van der Waals surface area contributed by atoms with Crippen molar-refractivity contribution in [3.05, 3.63) is 12.4 Å². The summed E-state index contributed by atoms with van der Waals surface area (Å²) in [4.78, 5) is 21.3. The number of primary amides is 1. The molecule has 1 saturated heterocycles. The van der Waals surface area contributed by atoms with Crippen LogP contribution in [0.1, 0.15) is 12.8 Å². The molecule has 0 bridgehead atoms. The number of amides is 1. The van der Waals surface area contributed by atoms with Crippen molar-refractivity contribution in [1.29, 1.82) is 0 Å². The molecule has 1 unspecified atom stereocenters. The van der Waals surface area contributed by atoms with Crippen molar-refractivity contribution in [2.45, 2.75) is 12.8 Å². The maximum absolute atomic E-state index is 11.1. The number of nitrogens with zero attached hydrogens (tertiary/aromatic N) is 3. The minimum atomic E-state index is -0.242. The maximum atomic E-state index is 11.1. The van der Waals surface area contributed by atoms with Gasteiger partial charge in [0.15, 0.2) is 0 Å². The zero-order valence-electron chi connectivity index (χ0n) is 8.97. The van der Waals surface area contributed by atoms with E-state index >= 15 is 0 Å². The number of nitrogens with two attached hydrogens (primary N) is 2. The summed E-state index contributed by atoms with van der Waals surface area (Å²) < 4.78 is 0. The second-order valence-corrected chi connectivity index (χ2v) is 3.99. The van der Waals surface area contributed by atoms with Crippen LogP contribution in [-0.4, -0.2) is 29.0 Å². The van der Waals surface area contributed by atoms with Gasteiger partial charge in [0.1, 0.15) is 11.6 Å². The Kier molecular flexibility index (Phi) is 2.89. The van der Waals surface area contributed by atoms with Gasteiger partial charge in [-0.1, -0.05) is 0 Å². The fourth-order valence-electron chi connectivity index (χ4n) is 1.91. The van der Waals surface area contributed by atoms with Gasteiger partial charge in [0.2, 0.25) is 5.91 Å². The van der Waals surface area contributed by atoms with Gasteiger partial charge in [0.25, 0.3) is 0 Å². The highest BCUT2D eigenvalue weighted by Gasteiger charge is 2.24. The van der Waals surface area contributed by atoms with E-state index in [1.165, 1.54) is 6.20 Å². The van der Waals surface area contributed by atoms with Crippen molar-refractivity contribution in [3.63, 3.8) is 0 Å². The van der Waals surface area contributed by atoms with E-state index < -0.39 is 0 Å². The average molecular weight is 221 g/mol. The van der Waals surface area contributed by atoms with Gasteiger partial charge >= 0.3 is 0 Å². The van der Waals surface area contributed by atoms with Crippen molar-refractivity contribution >= 4 is 17.5 Å². The van der Waals surface area contributed by atoms with Crippen LogP contribution >= 0.6 is 0 Å². The van der Waals surface area contributed by atoms with Crippen molar-refractivity contribution in [2.75, 3.05) is 23.7 Å². The number of anilines is 2. The molecule has 1 atom stereocenters. The smallest absolute Gasteiger partial charge is 0.222 e. The van der Waals surface area contributed by atoms with Gasteiger partial charge in [-0.2, -0.15) is 0 Å². The molecule has 1 aliphatic rings. The lowest BCUT2D eigenvalue weighted by molar-refractivity contribution is -0.122. The first-order valence-corrected chi connectivity index (χ1v) is 5.28. The Balaban J connectivity index is 2.09. The average Bonchev–Trinajstić information content (AvgIpc) is 2.30. The fraction of sp³-hybridized carbons (Fsp3) is 0.500. The minimum Gasteiger partial charge on any atom is -0.382 e. The summed E-state index contributed by atoms with van der Waals surface area (Å²) in [7, 11) is 0. The predicted octanol–water partition coefficient (Wildman–Crippen LogP) is -0.240. The van der Waals surface area contributed by atoms with Gasteiger partial charge in [0, 0.05) is 13.1 Å². The second-order valence-electron chi connectivity index (χ2n) is 3.99. The van der Waals surface area contributed by atoms with Crippen molar-refractivity contribution in [3.8, 4) is 0 Å². The molecule has 1 aromatic rings. The summed E-state index contributed by atoms with van der Waals surface area (Å²) in [5.74, 6) is 0.813. The van der Waals surface area contributed by atoms with Gasteiger partial charge in [-0.05, 0) is 12.8 Å². The number of aromatic nitrogens is 2. The van der Waals surface area contributed by atoms with Gasteiger partial charge in [-0.25, -0.2) is 9.97 Å². The topological polar surface area (TPSA) is 98.1 Å². The van der Waals surface area contributed by atoms with Crippen LogP contribution in [-0.2, 0) is 4.79 Å². The number of hydrogen-bond donors (Lipinski definition) is 2. The molecule has 0 aromatic carbocycles. The third-order valence-corrected chi connectivity index (χ3v) is 2.81. The highest BCUT2D eigenvalue weighted by Crippen LogP contribution is 2.20. The number of piperidine rings is 1. The molecule has 6 heteroatoms. The molecule has 0 aliphatic carbocycles. The summed E-state index contributed by atoms with van der Waals surface area (Å²) >= 11 is 0. The number of rotatable bonds is 2. The van der Waals surface area contributed by atoms with Crippen molar-refractivity contribution in [2.24, 2.45) is 11.7 Å². The standard InChI is InChI=1S/C10H15N5O/c11-8-4-14-9(5-13-8)15-3-1-2-7(6-15)10(12)16/h4-5,7H,1-3,6H2,(H2,11,13)(H2,12,16). The van der Waals surface area contributed by atoms with E-state index in [0.717, 1.165) is 25.2 Å². The molecule has 0 radical (unpaired) electrons. The summed E-state index contributed by atoms with van der Waals surface area (Å²) in [6.07, 6.45) is 4.94. The second kappa shape index (κ2) is 4.34. The van der Waals surface area contributed by atoms with Crippen molar-refractivity contribution in [1.82, 2.24) is 9.97 Å². The molecule has 1 amide bonds. The van der Waals surface area contributed by atoms with E-state index in [-0.39, 0.29) is 11.8 Å². The Morgan fingerprint density at radius 3 is 2.88 bits per heavy atom. The molecule has 1 fully saturated rings. The molecule has 1 aliphatic heterocycles. The molecule has 0 spiro atoms. The van der Waals surface area contributed by atoms with Crippen LogP contribution < -0.4 is 16.4 Å². The zero-order chi connectivity index (χ0) is 11.5. The lowest BCUT2D eigenvalue weighted by Gasteiger charge is -2.31. The Hall–Kier alpha value is -1.85. The van der Waals surface area contributed by atoms with E-state index in [2.05, 4.69) is 9.97 Å². The molecule has 2 rings (SSSR count). The van der Waals surface area contributed by atoms with Crippen LogP contribution in [0.15, 0.2) is 12.4 Å². The van der Waals surface area contributed by atoms with Gasteiger partial charge in [-0.3, -0.25) is 4.79 Å².